The van der Waals surface area contributed by atoms with Crippen LogP contribution in [0.15, 0.2) is 4.99 Å². The highest BCUT2D eigenvalue weighted by Crippen LogP contribution is 2.34. The maximum absolute atomic E-state index is 5.67. The molecule has 1 aromatic heterocycles. The zero-order valence-corrected chi connectivity index (χ0v) is 17.0. The quantitative estimate of drug-likeness (QED) is 0.411. The molecule has 0 N–H and O–H groups in total. The van der Waals surface area contributed by atoms with Gasteiger partial charge in [0.1, 0.15) is 9.87 Å². The lowest BCUT2D eigenvalue weighted by molar-refractivity contribution is 0.0701. The number of thiocarbonyl (C=S) groups is 1. The SMILES string of the molecule is S=C(N=CN1CCOCC1)c1sc(N2CCOCC2)nc1N1CCOCC1. The first-order valence-corrected chi connectivity index (χ1v) is 10.6. The Balaban J connectivity index is 1.55. The van der Waals surface area contributed by atoms with E-state index in [4.69, 9.17) is 31.4 Å². The summed E-state index contributed by atoms with van der Waals surface area (Å²) in [6, 6.07) is 0. The molecule has 3 aliphatic rings. The molecule has 0 atom stereocenters. The van der Waals surface area contributed by atoms with E-state index in [2.05, 4.69) is 19.7 Å². The molecular weight excluding hydrogens is 386 g/mol. The third-order valence-corrected chi connectivity index (χ3v) is 6.32. The number of morpholine rings is 3. The van der Waals surface area contributed by atoms with Gasteiger partial charge in [0.2, 0.25) is 0 Å². The van der Waals surface area contributed by atoms with Crippen molar-refractivity contribution in [3.05, 3.63) is 4.88 Å². The van der Waals surface area contributed by atoms with Crippen molar-refractivity contribution in [1.82, 2.24) is 9.88 Å². The number of ether oxygens (including phenoxy) is 3. The first kappa shape index (κ1) is 19.0. The van der Waals surface area contributed by atoms with Crippen LogP contribution >= 0.6 is 23.6 Å². The smallest absolute Gasteiger partial charge is 0.188 e. The Morgan fingerprint density at radius 1 is 0.889 bits per heavy atom. The molecule has 3 aliphatic heterocycles. The number of hydrogen-bond donors (Lipinski definition) is 0. The zero-order chi connectivity index (χ0) is 18.5. The van der Waals surface area contributed by atoms with Gasteiger partial charge in [-0.25, -0.2) is 9.98 Å². The number of anilines is 2. The van der Waals surface area contributed by atoms with E-state index in [0.29, 0.717) is 18.2 Å². The molecule has 148 valence electrons. The lowest BCUT2D eigenvalue weighted by Crippen LogP contribution is -2.38. The molecule has 4 heterocycles. The maximum Gasteiger partial charge on any atom is 0.188 e. The van der Waals surface area contributed by atoms with E-state index < -0.39 is 0 Å². The summed E-state index contributed by atoms with van der Waals surface area (Å²) in [5.41, 5.74) is 0. The predicted octanol–water partition coefficient (Wildman–Crippen LogP) is 0.852. The molecule has 10 heteroatoms. The number of aliphatic imine (C=N–C) groups is 1. The summed E-state index contributed by atoms with van der Waals surface area (Å²) in [6.45, 7) is 9.46. The van der Waals surface area contributed by atoms with Gasteiger partial charge in [0, 0.05) is 39.3 Å². The number of hydrogen-bond acceptors (Lipinski definition) is 8. The molecular formula is C17H25N5O3S2. The second-order valence-electron chi connectivity index (χ2n) is 6.55. The van der Waals surface area contributed by atoms with Crippen LogP contribution < -0.4 is 9.80 Å². The summed E-state index contributed by atoms with van der Waals surface area (Å²) < 4.78 is 16.4. The minimum absolute atomic E-state index is 0.597. The molecule has 0 spiro atoms. The molecule has 0 saturated carbocycles. The fraction of sp³-hybridized carbons (Fsp3) is 0.706. The maximum atomic E-state index is 5.67. The van der Waals surface area contributed by atoms with Crippen molar-refractivity contribution in [3.63, 3.8) is 0 Å². The van der Waals surface area contributed by atoms with Crippen LogP contribution in [0.25, 0.3) is 0 Å². The van der Waals surface area contributed by atoms with E-state index in [9.17, 15) is 0 Å². The molecule has 0 unspecified atom stereocenters. The minimum Gasteiger partial charge on any atom is -0.378 e. The first-order chi connectivity index (χ1) is 13.3. The van der Waals surface area contributed by atoms with Gasteiger partial charge in [-0.05, 0) is 0 Å². The Bertz CT molecular complexity index is 666. The second kappa shape index (κ2) is 9.24. The van der Waals surface area contributed by atoms with Crippen molar-refractivity contribution in [2.45, 2.75) is 0 Å². The molecule has 27 heavy (non-hydrogen) atoms. The Kier molecular flexibility index (Phi) is 6.51. The van der Waals surface area contributed by atoms with E-state index >= 15 is 0 Å². The van der Waals surface area contributed by atoms with Crippen LogP contribution in [0.3, 0.4) is 0 Å². The Labute approximate surface area is 168 Å². The van der Waals surface area contributed by atoms with E-state index in [1.165, 1.54) is 0 Å². The molecule has 0 bridgehead atoms. The van der Waals surface area contributed by atoms with Gasteiger partial charge in [0.05, 0.1) is 46.0 Å². The van der Waals surface area contributed by atoms with Crippen LogP contribution in [0.2, 0.25) is 0 Å². The van der Waals surface area contributed by atoms with Crippen molar-refractivity contribution < 1.29 is 14.2 Å². The number of nitrogens with zero attached hydrogens (tertiary/aromatic N) is 5. The normalized spacial score (nSPS) is 21.9. The third-order valence-electron chi connectivity index (χ3n) is 4.77. The Hall–Kier alpha value is -1.33. The summed E-state index contributed by atoms with van der Waals surface area (Å²) in [5, 5.41) is 0.999. The first-order valence-electron chi connectivity index (χ1n) is 9.38. The van der Waals surface area contributed by atoms with Crippen LogP contribution in [0.4, 0.5) is 10.9 Å². The second-order valence-corrected chi connectivity index (χ2v) is 7.91. The molecule has 3 fully saturated rings. The summed E-state index contributed by atoms with van der Waals surface area (Å²) in [6.07, 6.45) is 1.85. The number of aromatic nitrogens is 1. The molecule has 3 saturated heterocycles. The lowest BCUT2D eigenvalue weighted by Gasteiger charge is -2.28. The topological polar surface area (TPSA) is 62.7 Å². The fourth-order valence-corrected chi connectivity index (χ4v) is 4.50. The monoisotopic (exact) mass is 411 g/mol. The highest BCUT2D eigenvalue weighted by molar-refractivity contribution is 7.81. The Morgan fingerprint density at radius 2 is 1.44 bits per heavy atom. The van der Waals surface area contributed by atoms with Crippen LogP contribution in [-0.2, 0) is 14.2 Å². The Morgan fingerprint density at radius 3 is 2.07 bits per heavy atom. The standard InChI is InChI=1S/C17H25N5O3S2/c26-16(18-13-20-1-7-23-8-2-20)14-15(21-3-9-24-10-4-21)19-17(27-14)22-5-11-25-12-6-22/h13H,1-12H2. The molecule has 0 radical (unpaired) electrons. The van der Waals surface area contributed by atoms with Crippen molar-refractivity contribution in [3.8, 4) is 0 Å². The van der Waals surface area contributed by atoms with E-state index in [-0.39, 0.29) is 0 Å². The van der Waals surface area contributed by atoms with Gasteiger partial charge in [-0.15, -0.1) is 0 Å². The zero-order valence-electron chi connectivity index (χ0n) is 15.3. The highest BCUT2D eigenvalue weighted by Gasteiger charge is 2.25. The van der Waals surface area contributed by atoms with Crippen molar-refractivity contribution >= 4 is 45.8 Å². The summed E-state index contributed by atoms with van der Waals surface area (Å²) >= 11 is 7.31. The van der Waals surface area contributed by atoms with E-state index in [1.807, 2.05) is 6.34 Å². The van der Waals surface area contributed by atoms with Gasteiger partial charge in [0.25, 0.3) is 0 Å². The van der Waals surface area contributed by atoms with Crippen LogP contribution in [0.5, 0.6) is 0 Å². The largest absolute Gasteiger partial charge is 0.378 e. The molecule has 0 amide bonds. The number of thiazole rings is 1. The van der Waals surface area contributed by atoms with Gasteiger partial charge in [-0.2, -0.15) is 0 Å². The van der Waals surface area contributed by atoms with Gasteiger partial charge in [-0.3, -0.25) is 0 Å². The van der Waals surface area contributed by atoms with E-state index in [1.54, 1.807) is 11.3 Å². The molecule has 8 nitrogen and oxygen atoms in total. The summed E-state index contributed by atoms with van der Waals surface area (Å²) in [4.78, 5) is 17.8. The van der Waals surface area contributed by atoms with Crippen LogP contribution in [0.1, 0.15) is 4.88 Å². The fourth-order valence-electron chi connectivity index (χ4n) is 3.21. The molecule has 4 rings (SSSR count). The van der Waals surface area contributed by atoms with Crippen LogP contribution in [0, 0.1) is 0 Å². The lowest BCUT2D eigenvalue weighted by atomic mass is 10.3. The van der Waals surface area contributed by atoms with Crippen LogP contribution in [-0.4, -0.2) is 100 Å². The average Bonchev–Trinajstić information content (AvgIpc) is 3.20. The van der Waals surface area contributed by atoms with Gasteiger partial charge >= 0.3 is 0 Å². The average molecular weight is 412 g/mol. The molecule has 0 aliphatic carbocycles. The van der Waals surface area contributed by atoms with Crippen molar-refractivity contribution in [1.29, 1.82) is 0 Å². The minimum atomic E-state index is 0.597. The molecule has 1 aromatic rings. The van der Waals surface area contributed by atoms with Gasteiger partial charge in [0.15, 0.2) is 10.9 Å². The predicted molar refractivity (Wildman–Crippen MR) is 111 cm³/mol. The number of rotatable bonds is 4. The van der Waals surface area contributed by atoms with Crippen molar-refractivity contribution in [2.75, 3.05) is 88.7 Å². The summed E-state index contributed by atoms with van der Waals surface area (Å²) in [5.74, 6) is 0.939. The van der Waals surface area contributed by atoms with Crippen molar-refractivity contribution in [2.24, 2.45) is 4.99 Å². The third kappa shape index (κ3) is 4.75. The van der Waals surface area contributed by atoms with E-state index in [0.717, 1.165) is 81.5 Å². The summed E-state index contributed by atoms with van der Waals surface area (Å²) in [7, 11) is 0. The molecule has 0 aromatic carbocycles. The highest BCUT2D eigenvalue weighted by atomic mass is 32.1. The van der Waals surface area contributed by atoms with Gasteiger partial charge in [-0.1, -0.05) is 23.6 Å². The van der Waals surface area contributed by atoms with Gasteiger partial charge < -0.3 is 28.9 Å².